The van der Waals surface area contributed by atoms with E-state index in [0.717, 1.165) is 6.07 Å². The smallest absolute Gasteiger partial charge is 0.248 e. The summed E-state index contributed by atoms with van der Waals surface area (Å²) < 4.78 is 18.6. The molecule has 1 aromatic carbocycles. The standard InChI is InChI=1S/C15H13FN2O3/c1-10(19)17-11-4-6-13(16)14(9-11)18-15(20)7-5-12-3-2-8-21-12/h2-9H,1H3,(H,17,19)(H,18,20)/b7-5+. The van der Waals surface area contributed by atoms with E-state index in [2.05, 4.69) is 10.6 Å². The molecular formula is C15H13FN2O3. The number of hydrogen-bond acceptors (Lipinski definition) is 3. The van der Waals surface area contributed by atoms with Crippen molar-refractivity contribution in [3.05, 3.63) is 54.2 Å². The first kappa shape index (κ1) is 14.5. The maximum Gasteiger partial charge on any atom is 0.248 e. The van der Waals surface area contributed by atoms with E-state index in [1.165, 1.54) is 37.5 Å². The Hall–Kier alpha value is -2.89. The van der Waals surface area contributed by atoms with Crippen molar-refractivity contribution >= 4 is 29.3 Å². The SMILES string of the molecule is CC(=O)Nc1ccc(F)c(NC(=O)/C=C/c2ccco2)c1. The van der Waals surface area contributed by atoms with Gasteiger partial charge in [-0.3, -0.25) is 9.59 Å². The van der Waals surface area contributed by atoms with E-state index < -0.39 is 11.7 Å². The number of rotatable bonds is 4. The van der Waals surface area contributed by atoms with Gasteiger partial charge in [-0.2, -0.15) is 0 Å². The molecule has 2 aromatic rings. The number of carbonyl (C=O) groups is 2. The molecule has 0 bridgehead atoms. The molecule has 0 aliphatic carbocycles. The molecule has 6 heteroatoms. The number of amides is 2. The summed E-state index contributed by atoms with van der Waals surface area (Å²) in [6.07, 6.45) is 4.17. The van der Waals surface area contributed by atoms with Crippen LogP contribution >= 0.6 is 0 Å². The van der Waals surface area contributed by atoms with Gasteiger partial charge in [0.1, 0.15) is 11.6 Å². The summed E-state index contributed by atoms with van der Waals surface area (Å²) in [6.45, 7) is 1.34. The fourth-order valence-electron chi connectivity index (χ4n) is 1.62. The van der Waals surface area contributed by atoms with Crippen LogP contribution in [0, 0.1) is 5.82 Å². The molecule has 0 radical (unpaired) electrons. The number of hydrogen-bond donors (Lipinski definition) is 2. The summed E-state index contributed by atoms with van der Waals surface area (Å²) in [5, 5.41) is 4.90. The number of nitrogens with one attached hydrogen (secondary N) is 2. The average Bonchev–Trinajstić information content (AvgIpc) is 2.93. The van der Waals surface area contributed by atoms with Gasteiger partial charge in [0.15, 0.2) is 0 Å². The van der Waals surface area contributed by atoms with Crippen molar-refractivity contribution < 1.29 is 18.4 Å². The fraction of sp³-hybridized carbons (Fsp3) is 0.0667. The third-order valence-electron chi connectivity index (χ3n) is 2.49. The average molecular weight is 288 g/mol. The molecule has 21 heavy (non-hydrogen) atoms. The molecule has 0 atom stereocenters. The first-order valence-electron chi connectivity index (χ1n) is 6.14. The number of anilines is 2. The van der Waals surface area contributed by atoms with E-state index in [9.17, 15) is 14.0 Å². The van der Waals surface area contributed by atoms with Gasteiger partial charge < -0.3 is 15.1 Å². The van der Waals surface area contributed by atoms with E-state index >= 15 is 0 Å². The van der Waals surface area contributed by atoms with Gasteiger partial charge in [-0.05, 0) is 36.4 Å². The summed E-state index contributed by atoms with van der Waals surface area (Å²) in [6, 6.07) is 7.29. The fourth-order valence-corrected chi connectivity index (χ4v) is 1.62. The van der Waals surface area contributed by atoms with Gasteiger partial charge in [0.2, 0.25) is 11.8 Å². The molecule has 2 N–H and O–H groups in total. The van der Waals surface area contributed by atoms with Crippen LogP contribution in [0.15, 0.2) is 47.1 Å². The van der Waals surface area contributed by atoms with Crippen molar-refractivity contribution in [2.24, 2.45) is 0 Å². The largest absolute Gasteiger partial charge is 0.465 e. The predicted molar refractivity (Wildman–Crippen MR) is 77.1 cm³/mol. The van der Waals surface area contributed by atoms with Crippen molar-refractivity contribution in [2.45, 2.75) is 6.92 Å². The van der Waals surface area contributed by atoms with Gasteiger partial charge in [-0.15, -0.1) is 0 Å². The molecule has 5 nitrogen and oxygen atoms in total. The normalized spacial score (nSPS) is 10.6. The van der Waals surface area contributed by atoms with Crippen LogP contribution in [0.3, 0.4) is 0 Å². The van der Waals surface area contributed by atoms with E-state index in [-0.39, 0.29) is 11.6 Å². The quantitative estimate of drug-likeness (QED) is 0.849. The molecule has 2 amide bonds. The predicted octanol–water partition coefficient (Wildman–Crippen LogP) is 3.03. The van der Waals surface area contributed by atoms with Crippen molar-refractivity contribution in [3.8, 4) is 0 Å². The van der Waals surface area contributed by atoms with Gasteiger partial charge in [0, 0.05) is 18.7 Å². The van der Waals surface area contributed by atoms with E-state index in [4.69, 9.17) is 4.42 Å². The molecule has 0 fully saturated rings. The molecule has 2 rings (SSSR count). The van der Waals surface area contributed by atoms with Crippen LogP contribution in [0.25, 0.3) is 6.08 Å². The minimum Gasteiger partial charge on any atom is -0.465 e. The van der Waals surface area contributed by atoms with Crippen LogP contribution in [-0.4, -0.2) is 11.8 Å². The zero-order chi connectivity index (χ0) is 15.2. The zero-order valence-corrected chi connectivity index (χ0v) is 11.2. The third-order valence-corrected chi connectivity index (χ3v) is 2.49. The summed E-state index contributed by atoms with van der Waals surface area (Å²) in [5.41, 5.74) is 0.379. The Bertz CT molecular complexity index is 678. The maximum atomic E-state index is 13.6. The molecule has 1 heterocycles. The lowest BCUT2D eigenvalue weighted by Crippen LogP contribution is -2.11. The molecule has 0 unspecified atom stereocenters. The Labute approximate surface area is 120 Å². The monoisotopic (exact) mass is 288 g/mol. The van der Waals surface area contributed by atoms with Crippen molar-refractivity contribution in [3.63, 3.8) is 0 Å². The van der Waals surface area contributed by atoms with Crippen molar-refractivity contribution in [1.29, 1.82) is 0 Å². The van der Waals surface area contributed by atoms with Crippen LogP contribution in [0.1, 0.15) is 12.7 Å². The molecule has 0 aliphatic rings. The summed E-state index contributed by atoms with van der Waals surface area (Å²) in [7, 11) is 0. The second-order valence-electron chi connectivity index (χ2n) is 4.21. The number of halogens is 1. The lowest BCUT2D eigenvalue weighted by atomic mass is 10.2. The van der Waals surface area contributed by atoms with Crippen LogP contribution in [-0.2, 0) is 9.59 Å². The molecule has 1 aromatic heterocycles. The van der Waals surface area contributed by atoms with Crippen LogP contribution in [0.4, 0.5) is 15.8 Å². The first-order chi connectivity index (χ1) is 10.0. The van der Waals surface area contributed by atoms with E-state index in [0.29, 0.717) is 11.4 Å². The Balaban J connectivity index is 2.07. The van der Waals surface area contributed by atoms with Crippen LogP contribution in [0.5, 0.6) is 0 Å². The highest BCUT2D eigenvalue weighted by molar-refractivity contribution is 6.02. The maximum absolute atomic E-state index is 13.6. The molecule has 0 aliphatic heterocycles. The summed E-state index contributed by atoms with van der Waals surface area (Å²) in [4.78, 5) is 22.7. The lowest BCUT2D eigenvalue weighted by molar-refractivity contribution is -0.114. The van der Waals surface area contributed by atoms with Gasteiger partial charge in [0.25, 0.3) is 0 Å². The highest BCUT2D eigenvalue weighted by atomic mass is 19.1. The summed E-state index contributed by atoms with van der Waals surface area (Å²) in [5.74, 6) is -0.872. The number of carbonyl (C=O) groups excluding carboxylic acids is 2. The van der Waals surface area contributed by atoms with Crippen molar-refractivity contribution in [2.75, 3.05) is 10.6 Å². The zero-order valence-electron chi connectivity index (χ0n) is 11.2. The molecular weight excluding hydrogens is 275 g/mol. The van der Waals surface area contributed by atoms with Gasteiger partial charge in [0.05, 0.1) is 12.0 Å². The van der Waals surface area contributed by atoms with Crippen molar-refractivity contribution in [1.82, 2.24) is 0 Å². The first-order valence-corrected chi connectivity index (χ1v) is 6.14. The number of benzene rings is 1. The second kappa shape index (κ2) is 6.51. The minimum atomic E-state index is -0.594. The highest BCUT2D eigenvalue weighted by Gasteiger charge is 2.07. The second-order valence-corrected chi connectivity index (χ2v) is 4.21. The summed E-state index contributed by atoms with van der Waals surface area (Å²) >= 11 is 0. The molecule has 0 saturated heterocycles. The lowest BCUT2D eigenvalue weighted by Gasteiger charge is -2.07. The van der Waals surface area contributed by atoms with Gasteiger partial charge in [-0.25, -0.2) is 4.39 Å². The highest BCUT2D eigenvalue weighted by Crippen LogP contribution is 2.19. The Morgan fingerprint density at radius 1 is 1.24 bits per heavy atom. The van der Waals surface area contributed by atoms with E-state index in [1.54, 1.807) is 12.1 Å². The van der Waals surface area contributed by atoms with E-state index in [1.807, 2.05) is 0 Å². The Morgan fingerprint density at radius 2 is 2.05 bits per heavy atom. The Morgan fingerprint density at radius 3 is 2.71 bits per heavy atom. The molecule has 108 valence electrons. The minimum absolute atomic E-state index is 0.0182. The van der Waals surface area contributed by atoms with Crippen LogP contribution < -0.4 is 10.6 Å². The Kier molecular flexibility index (Phi) is 4.50. The third kappa shape index (κ3) is 4.31. The van der Waals surface area contributed by atoms with Gasteiger partial charge >= 0.3 is 0 Å². The number of furan rings is 1. The molecule has 0 spiro atoms. The topological polar surface area (TPSA) is 71.3 Å². The molecule has 0 saturated carbocycles. The van der Waals surface area contributed by atoms with Gasteiger partial charge in [-0.1, -0.05) is 0 Å². The van der Waals surface area contributed by atoms with Crippen LogP contribution in [0.2, 0.25) is 0 Å².